The Labute approximate surface area is 97.2 Å². The maximum absolute atomic E-state index is 2.45. The Morgan fingerprint density at radius 3 is 1.80 bits per heavy atom. The molecule has 0 saturated heterocycles. The van der Waals surface area contributed by atoms with Crippen LogP contribution >= 0.6 is 0 Å². The summed E-state index contributed by atoms with van der Waals surface area (Å²) < 4.78 is 0. The summed E-state index contributed by atoms with van der Waals surface area (Å²) in [6.45, 7) is 16.2. The van der Waals surface area contributed by atoms with E-state index in [0.29, 0.717) is 10.8 Å². The molecule has 0 aliphatic rings. The van der Waals surface area contributed by atoms with Crippen LogP contribution in [0.25, 0.3) is 0 Å². The smallest absolute Gasteiger partial charge is 0.0272 e. The van der Waals surface area contributed by atoms with Gasteiger partial charge in [0.1, 0.15) is 0 Å². The predicted molar refractivity (Wildman–Crippen MR) is 71.1 cm³/mol. The van der Waals surface area contributed by atoms with E-state index in [9.17, 15) is 0 Å². The van der Waals surface area contributed by atoms with Crippen molar-refractivity contribution >= 4 is 0 Å². The highest BCUT2D eigenvalue weighted by atomic mass is 14.2. The van der Waals surface area contributed by atoms with Crippen molar-refractivity contribution in [2.24, 2.45) is 10.8 Å². The van der Waals surface area contributed by atoms with Crippen LogP contribution in [0.5, 0.6) is 0 Å². The predicted octanol–water partition coefficient (Wildman–Crippen LogP) is 5.59. The zero-order chi connectivity index (χ0) is 12.1. The molecule has 0 N–H and O–H groups in total. The van der Waals surface area contributed by atoms with Gasteiger partial charge in [-0.15, -0.1) is 0 Å². The Morgan fingerprint density at radius 2 is 1.40 bits per heavy atom. The summed E-state index contributed by atoms with van der Waals surface area (Å²) in [6, 6.07) is 0. The largest absolute Gasteiger partial charge is 0.0851 e. The van der Waals surface area contributed by atoms with Gasteiger partial charge in [-0.1, -0.05) is 66.0 Å². The zero-order valence-electron chi connectivity index (χ0n) is 11.9. The van der Waals surface area contributed by atoms with E-state index in [0.717, 1.165) is 0 Å². The topological polar surface area (TPSA) is 0 Å². The molecule has 0 nitrogen and oxygen atoms in total. The van der Waals surface area contributed by atoms with Crippen LogP contribution in [0.15, 0.2) is 11.6 Å². The SMILES string of the molecule is CCC(C)(C)CC=C(C)CC(C)(C)CC. The number of allylic oxidation sites excluding steroid dienone is 2. The molecule has 0 spiro atoms. The molecule has 0 amide bonds. The lowest BCUT2D eigenvalue weighted by atomic mass is 9.81. The van der Waals surface area contributed by atoms with Crippen molar-refractivity contribution in [2.75, 3.05) is 0 Å². The van der Waals surface area contributed by atoms with Crippen molar-refractivity contribution in [3.05, 3.63) is 11.6 Å². The first-order chi connectivity index (χ1) is 6.72. The van der Waals surface area contributed by atoms with Crippen molar-refractivity contribution in [1.29, 1.82) is 0 Å². The van der Waals surface area contributed by atoms with Crippen LogP contribution in [0.2, 0.25) is 0 Å². The van der Waals surface area contributed by atoms with Crippen LogP contribution in [0.3, 0.4) is 0 Å². The van der Waals surface area contributed by atoms with Crippen LogP contribution < -0.4 is 0 Å². The van der Waals surface area contributed by atoms with E-state index < -0.39 is 0 Å². The second-order valence-electron chi connectivity index (χ2n) is 6.47. The molecule has 0 aromatic heterocycles. The lowest BCUT2D eigenvalue weighted by molar-refractivity contribution is 0.339. The number of rotatable bonds is 6. The van der Waals surface area contributed by atoms with E-state index in [2.05, 4.69) is 54.5 Å². The van der Waals surface area contributed by atoms with Gasteiger partial charge in [-0.2, -0.15) is 0 Å². The molecule has 90 valence electrons. The second-order valence-corrected chi connectivity index (χ2v) is 6.47. The molecule has 0 fully saturated rings. The maximum Gasteiger partial charge on any atom is -0.0272 e. The van der Waals surface area contributed by atoms with Gasteiger partial charge >= 0.3 is 0 Å². The van der Waals surface area contributed by atoms with Gasteiger partial charge in [-0.3, -0.25) is 0 Å². The summed E-state index contributed by atoms with van der Waals surface area (Å²) >= 11 is 0. The molecule has 0 bridgehead atoms. The van der Waals surface area contributed by atoms with E-state index >= 15 is 0 Å². The van der Waals surface area contributed by atoms with Gasteiger partial charge in [0.15, 0.2) is 0 Å². The van der Waals surface area contributed by atoms with Gasteiger partial charge < -0.3 is 0 Å². The summed E-state index contributed by atoms with van der Waals surface area (Å²) in [7, 11) is 0. The Balaban J connectivity index is 4.22. The van der Waals surface area contributed by atoms with E-state index in [-0.39, 0.29) is 0 Å². The van der Waals surface area contributed by atoms with Crippen LogP contribution in [-0.2, 0) is 0 Å². The van der Waals surface area contributed by atoms with Gasteiger partial charge in [0, 0.05) is 0 Å². The molecule has 15 heavy (non-hydrogen) atoms. The van der Waals surface area contributed by atoms with Gasteiger partial charge in [0.25, 0.3) is 0 Å². The van der Waals surface area contributed by atoms with Crippen molar-refractivity contribution in [1.82, 2.24) is 0 Å². The molecule has 0 heterocycles. The van der Waals surface area contributed by atoms with Crippen molar-refractivity contribution in [3.8, 4) is 0 Å². The van der Waals surface area contributed by atoms with E-state index in [1.807, 2.05) is 0 Å². The summed E-state index contributed by atoms with van der Waals surface area (Å²) in [5.74, 6) is 0. The van der Waals surface area contributed by atoms with Gasteiger partial charge in [0.05, 0.1) is 0 Å². The standard InChI is InChI=1S/C15H30/c1-8-14(4,5)11-10-13(3)12-15(6,7)9-2/h10H,8-9,11-12H2,1-7H3. The maximum atomic E-state index is 2.45. The fourth-order valence-corrected chi connectivity index (χ4v) is 1.55. The molecule has 0 atom stereocenters. The summed E-state index contributed by atoms with van der Waals surface area (Å²) in [4.78, 5) is 0. The molecule has 0 heteroatoms. The third-order valence-electron chi connectivity index (χ3n) is 3.67. The summed E-state index contributed by atoms with van der Waals surface area (Å²) in [6.07, 6.45) is 7.42. The minimum absolute atomic E-state index is 0.469. The number of hydrogen-bond donors (Lipinski definition) is 0. The molecular formula is C15H30. The average molecular weight is 210 g/mol. The molecular weight excluding hydrogens is 180 g/mol. The number of hydrogen-bond acceptors (Lipinski definition) is 0. The Kier molecular flexibility index (Phi) is 5.62. The minimum Gasteiger partial charge on any atom is -0.0851 e. The zero-order valence-corrected chi connectivity index (χ0v) is 11.9. The summed E-state index contributed by atoms with van der Waals surface area (Å²) in [5, 5.41) is 0. The fraction of sp³-hybridized carbons (Fsp3) is 0.867. The fourth-order valence-electron chi connectivity index (χ4n) is 1.55. The minimum atomic E-state index is 0.469. The lowest BCUT2D eigenvalue weighted by Crippen LogP contribution is -2.11. The van der Waals surface area contributed by atoms with E-state index in [4.69, 9.17) is 0 Å². The lowest BCUT2D eigenvalue weighted by Gasteiger charge is -2.24. The molecule has 0 unspecified atom stereocenters. The monoisotopic (exact) mass is 210 g/mol. The van der Waals surface area contributed by atoms with Crippen molar-refractivity contribution in [2.45, 2.75) is 74.1 Å². The highest BCUT2D eigenvalue weighted by Gasteiger charge is 2.17. The van der Waals surface area contributed by atoms with Gasteiger partial charge in [-0.05, 0) is 30.6 Å². The Hall–Kier alpha value is -0.260. The molecule has 0 aromatic carbocycles. The molecule has 0 rings (SSSR count). The Morgan fingerprint density at radius 1 is 0.933 bits per heavy atom. The van der Waals surface area contributed by atoms with E-state index in [1.165, 1.54) is 25.7 Å². The van der Waals surface area contributed by atoms with Crippen LogP contribution in [0.1, 0.15) is 74.1 Å². The quantitative estimate of drug-likeness (QED) is 0.502. The van der Waals surface area contributed by atoms with Crippen LogP contribution in [-0.4, -0.2) is 0 Å². The second kappa shape index (κ2) is 5.72. The van der Waals surface area contributed by atoms with Crippen LogP contribution in [0, 0.1) is 10.8 Å². The first-order valence-electron chi connectivity index (χ1n) is 6.38. The molecule has 0 aromatic rings. The van der Waals surface area contributed by atoms with Crippen molar-refractivity contribution in [3.63, 3.8) is 0 Å². The van der Waals surface area contributed by atoms with Gasteiger partial charge in [0.2, 0.25) is 0 Å². The van der Waals surface area contributed by atoms with Crippen LogP contribution in [0.4, 0.5) is 0 Å². The van der Waals surface area contributed by atoms with Gasteiger partial charge in [-0.25, -0.2) is 0 Å². The average Bonchev–Trinajstić information content (AvgIpc) is 2.15. The highest BCUT2D eigenvalue weighted by Crippen LogP contribution is 2.31. The first-order valence-corrected chi connectivity index (χ1v) is 6.38. The van der Waals surface area contributed by atoms with Crippen molar-refractivity contribution < 1.29 is 0 Å². The first kappa shape index (κ1) is 14.7. The molecule has 0 saturated carbocycles. The summed E-state index contributed by atoms with van der Waals surface area (Å²) in [5.41, 5.74) is 2.50. The highest BCUT2D eigenvalue weighted by molar-refractivity contribution is 5.02. The molecule has 0 radical (unpaired) electrons. The molecule has 0 aliphatic heterocycles. The Bertz CT molecular complexity index is 206. The van der Waals surface area contributed by atoms with E-state index in [1.54, 1.807) is 5.57 Å². The molecule has 0 aliphatic carbocycles. The third kappa shape index (κ3) is 6.76. The normalized spacial score (nSPS) is 14.5. The third-order valence-corrected chi connectivity index (χ3v) is 3.67.